The van der Waals surface area contributed by atoms with Crippen LogP contribution >= 0.6 is 0 Å². The molecule has 0 saturated carbocycles. The Morgan fingerprint density at radius 3 is 2.38 bits per heavy atom. The van der Waals surface area contributed by atoms with Gasteiger partial charge in [0.25, 0.3) is 0 Å². The van der Waals surface area contributed by atoms with Crippen LogP contribution in [0.2, 0.25) is 0 Å². The van der Waals surface area contributed by atoms with E-state index in [1.165, 1.54) is 0 Å². The van der Waals surface area contributed by atoms with Gasteiger partial charge in [0, 0.05) is 45.7 Å². The normalized spacial score (nSPS) is 12.8. The summed E-state index contributed by atoms with van der Waals surface area (Å²) in [7, 11) is 0. The van der Waals surface area contributed by atoms with Gasteiger partial charge in [-0.05, 0) is 61.4 Å². The van der Waals surface area contributed by atoms with Crippen LogP contribution in [0.3, 0.4) is 0 Å². The number of aromatic nitrogens is 5. The first-order chi connectivity index (χ1) is 19.7. The van der Waals surface area contributed by atoms with Crippen LogP contribution < -0.4 is 0 Å². The van der Waals surface area contributed by atoms with Crippen molar-refractivity contribution in [2.75, 3.05) is 0 Å². The minimum absolute atomic E-state index is 0.00621. The van der Waals surface area contributed by atoms with E-state index in [-0.39, 0.29) is 6.17 Å². The number of nitrogens with zero attached hydrogens (tertiary/aromatic N) is 6. The van der Waals surface area contributed by atoms with Gasteiger partial charge in [0.1, 0.15) is 11.8 Å². The number of benzene rings is 2. The minimum Gasteiger partial charge on any atom is -0.302 e. The molecule has 0 saturated heterocycles. The molecule has 0 bridgehead atoms. The topological polar surface area (TPSA) is 68.8 Å². The number of aliphatic imine (C=N–C) groups is 1. The second kappa shape index (κ2) is 9.97. The highest BCUT2D eigenvalue weighted by atomic mass is 15.2. The number of hydrogen-bond donors (Lipinski definition) is 0. The van der Waals surface area contributed by atoms with Gasteiger partial charge in [-0.1, -0.05) is 50.2 Å². The molecule has 0 fully saturated rings. The molecule has 6 nitrogen and oxygen atoms in total. The molecule has 1 atom stereocenters. The lowest BCUT2D eigenvalue weighted by molar-refractivity contribution is 0.537. The fraction of sp³-hybridized carbons (Fsp3) is 0.147. The summed E-state index contributed by atoms with van der Waals surface area (Å²) < 4.78 is 2.27. The molecule has 1 unspecified atom stereocenters. The maximum Gasteiger partial charge on any atom is 0.142 e. The zero-order valence-corrected chi connectivity index (χ0v) is 22.5. The number of pyridine rings is 4. The fourth-order valence-electron chi connectivity index (χ4n) is 5.52. The Balaban J connectivity index is 1.35. The predicted molar refractivity (Wildman–Crippen MR) is 165 cm³/mol. The van der Waals surface area contributed by atoms with E-state index in [4.69, 9.17) is 19.9 Å². The van der Waals surface area contributed by atoms with Crippen molar-refractivity contribution < 1.29 is 0 Å². The molecule has 40 heavy (non-hydrogen) atoms. The molecule has 0 aliphatic carbocycles. The van der Waals surface area contributed by atoms with Crippen molar-refractivity contribution in [1.29, 1.82) is 0 Å². The molecule has 0 radical (unpaired) electrons. The molecule has 2 aromatic carbocycles. The van der Waals surface area contributed by atoms with Crippen LogP contribution in [0, 0.1) is 0 Å². The summed E-state index contributed by atoms with van der Waals surface area (Å²) in [4.78, 5) is 24.3. The number of fused-ring (bicyclic) bond motifs is 6. The van der Waals surface area contributed by atoms with Crippen LogP contribution in [0.1, 0.15) is 32.9 Å². The first-order valence-corrected chi connectivity index (χ1v) is 13.8. The highest BCUT2D eigenvalue weighted by Gasteiger charge is 2.18. The van der Waals surface area contributed by atoms with E-state index in [2.05, 4.69) is 78.0 Å². The molecule has 0 aliphatic rings. The Hall–Kier alpha value is -4.97. The molecule has 5 heterocycles. The van der Waals surface area contributed by atoms with Crippen molar-refractivity contribution in [1.82, 2.24) is 24.5 Å². The first-order valence-electron chi connectivity index (χ1n) is 13.8. The third kappa shape index (κ3) is 4.00. The predicted octanol–water partition coefficient (Wildman–Crippen LogP) is 8.40. The summed E-state index contributed by atoms with van der Waals surface area (Å²) in [6.07, 6.45) is 7.48. The first kappa shape index (κ1) is 24.1. The molecule has 0 amide bonds. The summed E-state index contributed by atoms with van der Waals surface area (Å²) in [5, 5.41) is 4.42. The van der Waals surface area contributed by atoms with Gasteiger partial charge in [-0.2, -0.15) is 0 Å². The summed E-state index contributed by atoms with van der Waals surface area (Å²) in [5.41, 5.74) is 7.49. The summed E-state index contributed by atoms with van der Waals surface area (Å²) in [5.74, 6) is 0. The Labute approximate surface area is 232 Å². The van der Waals surface area contributed by atoms with Crippen molar-refractivity contribution in [3.8, 4) is 22.6 Å². The number of rotatable bonds is 6. The maximum absolute atomic E-state index is 5.06. The molecule has 0 spiro atoms. The SMILES string of the molecule is CC/C=N\C(CC)n1c2ccc(-c3cccc(-c4ccc5ccc6cccnc6c5n4)n3)cc2c2cccnc21. The highest BCUT2D eigenvalue weighted by molar-refractivity contribution is 6.08. The minimum atomic E-state index is 0.00621. The van der Waals surface area contributed by atoms with Crippen molar-refractivity contribution >= 4 is 50.0 Å². The van der Waals surface area contributed by atoms with Crippen LogP contribution in [0.15, 0.2) is 102 Å². The van der Waals surface area contributed by atoms with Gasteiger partial charge >= 0.3 is 0 Å². The monoisotopic (exact) mass is 520 g/mol. The Bertz CT molecular complexity index is 2060. The van der Waals surface area contributed by atoms with Gasteiger partial charge in [0.05, 0.1) is 33.6 Å². The van der Waals surface area contributed by atoms with E-state index in [9.17, 15) is 0 Å². The smallest absolute Gasteiger partial charge is 0.142 e. The Morgan fingerprint density at radius 1 is 0.725 bits per heavy atom. The summed E-state index contributed by atoms with van der Waals surface area (Å²) in [6.45, 7) is 4.28. The Kier molecular flexibility index (Phi) is 6.00. The average Bonchev–Trinajstić information content (AvgIpc) is 3.35. The van der Waals surface area contributed by atoms with E-state index >= 15 is 0 Å². The molecular weight excluding hydrogens is 492 g/mol. The summed E-state index contributed by atoms with van der Waals surface area (Å²) >= 11 is 0. The van der Waals surface area contributed by atoms with Crippen LogP contribution in [0.4, 0.5) is 0 Å². The quantitative estimate of drug-likeness (QED) is 0.163. The van der Waals surface area contributed by atoms with E-state index in [1.807, 2.05) is 48.9 Å². The van der Waals surface area contributed by atoms with E-state index < -0.39 is 0 Å². The molecule has 7 aromatic rings. The van der Waals surface area contributed by atoms with E-state index in [0.29, 0.717) is 0 Å². The van der Waals surface area contributed by atoms with Gasteiger partial charge in [-0.3, -0.25) is 9.98 Å². The molecule has 0 N–H and O–H groups in total. The van der Waals surface area contributed by atoms with Crippen molar-refractivity contribution in [2.24, 2.45) is 4.99 Å². The molecule has 194 valence electrons. The second-order valence-corrected chi connectivity index (χ2v) is 9.92. The van der Waals surface area contributed by atoms with Gasteiger partial charge < -0.3 is 4.57 Å². The zero-order valence-electron chi connectivity index (χ0n) is 22.5. The van der Waals surface area contributed by atoms with Crippen LogP contribution in [0.25, 0.3) is 66.4 Å². The maximum atomic E-state index is 5.06. The highest BCUT2D eigenvalue weighted by Crippen LogP contribution is 2.35. The van der Waals surface area contributed by atoms with Crippen LogP contribution in [-0.2, 0) is 0 Å². The third-order valence-electron chi connectivity index (χ3n) is 7.42. The lowest BCUT2D eigenvalue weighted by Gasteiger charge is -2.15. The summed E-state index contributed by atoms with van der Waals surface area (Å²) in [6, 6.07) is 29.1. The lowest BCUT2D eigenvalue weighted by Crippen LogP contribution is -2.06. The van der Waals surface area contributed by atoms with Crippen LogP contribution in [-0.4, -0.2) is 30.7 Å². The third-order valence-corrected chi connectivity index (χ3v) is 7.42. The van der Waals surface area contributed by atoms with Crippen molar-refractivity contribution in [3.63, 3.8) is 0 Å². The zero-order chi connectivity index (χ0) is 27.1. The van der Waals surface area contributed by atoms with Gasteiger partial charge in [0.2, 0.25) is 0 Å². The van der Waals surface area contributed by atoms with Gasteiger partial charge in [-0.15, -0.1) is 0 Å². The van der Waals surface area contributed by atoms with Crippen LogP contribution in [0.5, 0.6) is 0 Å². The van der Waals surface area contributed by atoms with Crippen molar-refractivity contribution in [3.05, 3.63) is 97.3 Å². The molecule has 7 rings (SSSR count). The lowest BCUT2D eigenvalue weighted by atomic mass is 10.1. The van der Waals surface area contributed by atoms with E-state index in [1.54, 1.807) is 0 Å². The van der Waals surface area contributed by atoms with Gasteiger partial charge in [-0.25, -0.2) is 15.0 Å². The fourth-order valence-corrected chi connectivity index (χ4v) is 5.52. The molecule has 5 aromatic heterocycles. The second-order valence-electron chi connectivity index (χ2n) is 9.92. The van der Waals surface area contributed by atoms with Gasteiger partial charge in [0.15, 0.2) is 0 Å². The van der Waals surface area contributed by atoms with Crippen molar-refractivity contribution in [2.45, 2.75) is 32.9 Å². The standard InChI is InChI=1S/C34H28N6/c1-3-18-35-31(4-2)40-30-17-15-24(21-26(30)25-9-7-20-37-34(25)40)27-10-5-11-28(38-27)29-16-14-23-13-12-22-8-6-19-36-32(22)33(23)39-29/h5-21,31H,3-4H2,1-2H3/b35-18-. The number of hydrogen-bond acceptors (Lipinski definition) is 5. The van der Waals surface area contributed by atoms with E-state index in [0.717, 1.165) is 79.2 Å². The largest absolute Gasteiger partial charge is 0.302 e. The Morgan fingerprint density at radius 2 is 1.50 bits per heavy atom. The molecule has 6 heteroatoms. The molecular formula is C34H28N6. The average molecular weight is 521 g/mol. The molecule has 0 aliphatic heterocycles.